The van der Waals surface area contributed by atoms with Gasteiger partial charge in [0.2, 0.25) is 11.1 Å². The summed E-state index contributed by atoms with van der Waals surface area (Å²) in [5.74, 6) is 6.47. The number of ether oxygens (including phenoxy) is 1. The number of aromatic nitrogens is 3. The second-order valence-electron chi connectivity index (χ2n) is 5.86. The van der Waals surface area contributed by atoms with Gasteiger partial charge in [0.15, 0.2) is 5.82 Å². The Kier molecular flexibility index (Phi) is 6.15. The molecule has 0 fully saturated rings. The number of anilines is 1. The average Bonchev–Trinajstić information content (AvgIpc) is 3.05. The third-order valence-electron chi connectivity index (χ3n) is 3.87. The SMILES string of the molecule is CCOc1ccc(-c2nnc(S[C@@H](C)C(=O)Nc3ccccc3F)n2N)cc1. The number of amides is 1. The van der Waals surface area contributed by atoms with E-state index in [0.717, 1.165) is 23.1 Å². The molecule has 1 amide bonds. The Morgan fingerprint density at radius 1 is 1.25 bits per heavy atom. The number of rotatable bonds is 7. The minimum Gasteiger partial charge on any atom is -0.494 e. The third kappa shape index (κ3) is 4.42. The van der Waals surface area contributed by atoms with E-state index < -0.39 is 11.1 Å². The van der Waals surface area contributed by atoms with Gasteiger partial charge in [-0.15, -0.1) is 10.2 Å². The van der Waals surface area contributed by atoms with E-state index in [0.29, 0.717) is 17.6 Å². The number of hydrogen-bond acceptors (Lipinski definition) is 6. The highest BCUT2D eigenvalue weighted by Crippen LogP contribution is 2.26. The lowest BCUT2D eigenvalue weighted by Gasteiger charge is -2.12. The lowest BCUT2D eigenvalue weighted by atomic mass is 10.2. The van der Waals surface area contributed by atoms with Crippen molar-refractivity contribution in [1.82, 2.24) is 14.9 Å². The molecule has 0 unspecified atom stereocenters. The highest BCUT2D eigenvalue weighted by atomic mass is 32.2. The quantitative estimate of drug-likeness (QED) is 0.466. The van der Waals surface area contributed by atoms with Crippen LogP contribution >= 0.6 is 11.8 Å². The number of halogens is 1. The molecule has 0 spiro atoms. The molecule has 0 bridgehead atoms. The largest absolute Gasteiger partial charge is 0.494 e. The summed E-state index contributed by atoms with van der Waals surface area (Å²) in [7, 11) is 0. The van der Waals surface area contributed by atoms with Crippen molar-refractivity contribution in [2.75, 3.05) is 17.8 Å². The van der Waals surface area contributed by atoms with Crippen LogP contribution in [-0.2, 0) is 4.79 Å². The van der Waals surface area contributed by atoms with E-state index in [-0.39, 0.29) is 11.6 Å². The number of nitrogen functional groups attached to an aromatic ring is 1. The van der Waals surface area contributed by atoms with E-state index in [2.05, 4.69) is 15.5 Å². The Hall–Kier alpha value is -3.07. The van der Waals surface area contributed by atoms with Crippen LogP contribution in [0.2, 0.25) is 0 Å². The molecule has 0 aliphatic rings. The first kappa shape index (κ1) is 19.7. The topological polar surface area (TPSA) is 95.1 Å². The van der Waals surface area contributed by atoms with Crippen LogP contribution in [0.1, 0.15) is 13.8 Å². The highest BCUT2D eigenvalue weighted by molar-refractivity contribution is 8.00. The smallest absolute Gasteiger partial charge is 0.237 e. The fourth-order valence-corrected chi connectivity index (χ4v) is 3.20. The maximum Gasteiger partial charge on any atom is 0.237 e. The zero-order valence-corrected chi connectivity index (χ0v) is 16.2. The molecular weight excluding hydrogens is 381 g/mol. The van der Waals surface area contributed by atoms with Crippen molar-refractivity contribution < 1.29 is 13.9 Å². The van der Waals surface area contributed by atoms with Crippen LogP contribution in [0.3, 0.4) is 0 Å². The Bertz CT molecular complexity index is 961. The predicted octanol–water partition coefficient (Wildman–Crippen LogP) is 3.32. The van der Waals surface area contributed by atoms with Gasteiger partial charge in [0.1, 0.15) is 11.6 Å². The van der Waals surface area contributed by atoms with Crippen molar-refractivity contribution in [3.8, 4) is 17.1 Å². The van der Waals surface area contributed by atoms with Crippen molar-refractivity contribution in [2.45, 2.75) is 24.3 Å². The molecule has 2 aromatic carbocycles. The number of benzene rings is 2. The average molecular weight is 401 g/mol. The van der Waals surface area contributed by atoms with Crippen LogP contribution in [0.5, 0.6) is 5.75 Å². The van der Waals surface area contributed by atoms with Crippen LogP contribution in [0, 0.1) is 5.82 Å². The molecule has 3 rings (SSSR count). The van der Waals surface area contributed by atoms with Crippen LogP contribution in [0.25, 0.3) is 11.4 Å². The molecule has 1 atom stereocenters. The van der Waals surface area contributed by atoms with E-state index in [1.165, 1.54) is 16.8 Å². The summed E-state index contributed by atoms with van der Waals surface area (Å²) >= 11 is 1.14. The number of para-hydroxylation sites is 1. The fourth-order valence-electron chi connectivity index (χ4n) is 2.43. The van der Waals surface area contributed by atoms with Gasteiger partial charge >= 0.3 is 0 Å². The van der Waals surface area contributed by atoms with Gasteiger partial charge < -0.3 is 15.9 Å². The maximum absolute atomic E-state index is 13.7. The molecule has 1 heterocycles. The van der Waals surface area contributed by atoms with Crippen molar-refractivity contribution in [1.29, 1.82) is 0 Å². The number of carbonyl (C=O) groups excluding carboxylic acids is 1. The van der Waals surface area contributed by atoms with Crippen molar-refractivity contribution in [3.05, 3.63) is 54.3 Å². The van der Waals surface area contributed by atoms with Gasteiger partial charge in [0, 0.05) is 5.56 Å². The van der Waals surface area contributed by atoms with Crippen molar-refractivity contribution in [2.24, 2.45) is 0 Å². The first-order valence-corrected chi connectivity index (χ1v) is 9.53. The second-order valence-corrected chi connectivity index (χ2v) is 7.17. The minimum absolute atomic E-state index is 0.129. The lowest BCUT2D eigenvalue weighted by molar-refractivity contribution is -0.115. The van der Waals surface area contributed by atoms with Crippen LogP contribution in [-0.4, -0.2) is 32.6 Å². The fraction of sp³-hybridized carbons (Fsp3) is 0.211. The number of nitrogens with two attached hydrogens (primary N) is 1. The van der Waals surface area contributed by atoms with Crippen molar-refractivity contribution >= 4 is 23.4 Å². The molecule has 9 heteroatoms. The zero-order chi connectivity index (χ0) is 20.1. The van der Waals surface area contributed by atoms with Crippen LogP contribution in [0.4, 0.5) is 10.1 Å². The normalized spacial score (nSPS) is 11.8. The van der Waals surface area contributed by atoms with E-state index in [1.54, 1.807) is 19.1 Å². The highest BCUT2D eigenvalue weighted by Gasteiger charge is 2.20. The molecule has 0 saturated carbocycles. The summed E-state index contributed by atoms with van der Waals surface area (Å²) in [4.78, 5) is 12.3. The van der Waals surface area contributed by atoms with Gasteiger partial charge in [0.05, 0.1) is 17.5 Å². The molecule has 7 nitrogen and oxygen atoms in total. The molecule has 3 N–H and O–H groups in total. The van der Waals surface area contributed by atoms with E-state index in [1.807, 2.05) is 31.2 Å². The first-order chi connectivity index (χ1) is 13.5. The minimum atomic E-state index is -0.556. The number of nitrogens with zero attached hydrogens (tertiary/aromatic N) is 3. The predicted molar refractivity (Wildman–Crippen MR) is 107 cm³/mol. The molecule has 3 aromatic rings. The summed E-state index contributed by atoms with van der Waals surface area (Å²) in [5, 5.41) is 10.5. The van der Waals surface area contributed by atoms with E-state index in [9.17, 15) is 9.18 Å². The summed E-state index contributed by atoms with van der Waals surface area (Å²) < 4.78 is 20.4. The lowest BCUT2D eigenvalue weighted by Crippen LogP contribution is -2.24. The Morgan fingerprint density at radius 3 is 2.64 bits per heavy atom. The second kappa shape index (κ2) is 8.75. The Balaban J connectivity index is 1.69. The summed E-state index contributed by atoms with van der Waals surface area (Å²) in [5.41, 5.74) is 0.901. The molecule has 28 heavy (non-hydrogen) atoms. The number of hydrogen-bond donors (Lipinski definition) is 2. The van der Waals surface area contributed by atoms with Gasteiger partial charge in [-0.3, -0.25) is 4.79 Å². The zero-order valence-electron chi connectivity index (χ0n) is 15.4. The molecular formula is C19H20FN5O2S. The van der Waals surface area contributed by atoms with Gasteiger partial charge in [-0.25, -0.2) is 9.07 Å². The molecule has 0 saturated heterocycles. The molecule has 146 valence electrons. The summed E-state index contributed by atoms with van der Waals surface area (Å²) in [6.07, 6.45) is 0. The van der Waals surface area contributed by atoms with Crippen molar-refractivity contribution in [3.63, 3.8) is 0 Å². The number of carbonyl (C=O) groups is 1. The summed E-state index contributed by atoms with van der Waals surface area (Å²) in [6, 6.07) is 13.3. The molecule has 0 aliphatic heterocycles. The number of nitrogens with one attached hydrogen (secondary N) is 1. The first-order valence-electron chi connectivity index (χ1n) is 8.65. The van der Waals surface area contributed by atoms with Crippen LogP contribution in [0.15, 0.2) is 53.7 Å². The molecule has 0 aliphatic carbocycles. The van der Waals surface area contributed by atoms with E-state index >= 15 is 0 Å². The van der Waals surface area contributed by atoms with Crippen LogP contribution < -0.4 is 15.9 Å². The Labute approximate surface area is 166 Å². The Morgan fingerprint density at radius 2 is 1.96 bits per heavy atom. The van der Waals surface area contributed by atoms with Gasteiger partial charge in [-0.05, 0) is 50.2 Å². The van der Waals surface area contributed by atoms with E-state index in [4.69, 9.17) is 10.6 Å². The summed E-state index contributed by atoms with van der Waals surface area (Å²) in [6.45, 7) is 4.18. The standard InChI is InChI=1S/C19H20FN5O2S/c1-3-27-14-10-8-13(9-11-14)17-23-24-19(25(17)21)28-12(2)18(26)22-16-7-5-4-6-15(16)20/h4-12H,3,21H2,1-2H3,(H,22,26)/t12-/m0/s1. The van der Waals surface area contributed by atoms with Gasteiger partial charge in [0.25, 0.3) is 0 Å². The monoisotopic (exact) mass is 401 g/mol. The van der Waals surface area contributed by atoms with Gasteiger partial charge in [-0.2, -0.15) is 0 Å². The molecule has 1 aromatic heterocycles. The number of thioether (sulfide) groups is 1. The maximum atomic E-state index is 13.7. The van der Waals surface area contributed by atoms with Gasteiger partial charge in [-0.1, -0.05) is 23.9 Å². The molecule has 0 radical (unpaired) electrons. The third-order valence-corrected chi connectivity index (χ3v) is 4.93.